The summed E-state index contributed by atoms with van der Waals surface area (Å²) in [6, 6.07) is 10.9. The monoisotopic (exact) mass is 499 g/mol. The third-order valence-corrected chi connectivity index (χ3v) is 7.30. The molecule has 3 aliphatic rings. The lowest BCUT2D eigenvalue weighted by atomic mass is 10.1. The van der Waals surface area contributed by atoms with Crippen LogP contribution in [-0.4, -0.2) is 90.5 Å². The molecule has 184 valence electrons. The molecule has 3 heterocycles. The van der Waals surface area contributed by atoms with Crippen LogP contribution < -0.4 is 10.6 Å². The van der Waals surface area contributed by atoms with Gasteiger partial charge in [-0.1, -0.05) is 17.8 Å². The van der Waals surface area contributed by atoms with Crippen LogP contribution >= 0.6 is 11.8 Å². The van der Waals surface area contributed by atoms with Crippen molar-refractivity contribution in [3.05, 3.63) is 59.4 Å². The first kappa shape index (κ1) is 23.4. The minimum absolute atomic E-state index is 0.0187. The summed E-state index contributed by atoms with van der Waals surface area (Å²) in [6.45, 7) is 3.79. The first-order valence-electron chi connectivity index (χ1n) is 11.5. The number of hydrogen-bond acceptors (Lipinski definition) is 6. The number of hydrogen-bond donors (Lipinski definition) is 2. The van der Waals surface area contributed by atoms with Crippen LogP contribution in [0, 0.1) is 5.82 Å². The molecule has 2 aromatic rings. The van der Waals surface area contributed by atoms with Gasteiger partial charge < -0.3 is 30.1 Å². The van der Waals surface area contributed by atoms with E-state index in [9.17, 15) is 18.8 Å². The number of amides is 4. The van der Waals surface area contributed by atoms with Crippen LogP contribution in [0.15, 0.2) is 47.4 Å². The lowest BCUT2D eigenvalue weighted by molar-refractivity contribution is 0.0302. The Balaban J connectivity index is 1.13. The van der Waals surface area contributed by atoms with Crippen molar-refractivity contribution in [2.75, 3.05) is 57.8 Å². The van der Waals surface area contributed by atoms with Gasteiger partial charge in [-0.05, 0) is 36.4 Å². The van der Waals surface area contributed by atoms with Crippen molar-refractivity contribution in [3.63, 3.8) is 0 Å². The largest absolute Gasteiger partial charge is 0.378 e. The van der Waals surface area contributed by atoms with Crippen molar-refractivity contribution in [2.45, 2.75) is 10.4 Å². The van der Waals surface area contributed by atoms with Gasteiger partial charge in [-0.2, -0.15) is 0 Å². The third kappa shape index (κ3) is 5.20. The van der Waals surface area contributed by atoms with E-state index in [1.54, 1.807) is 26.8 Å². The fourth-order valence-electron chi connectivity index (χ4n) is 4.30. The van der Waals surface area contributed by atoms with Gasteiger partial charge in [0.15, 0.2) is 5.50 Å². The Bertz CT molecular complexity index is 1130. The molecule has 2 N–H and O–H groups in total. The number of morpholine rings is 1. The van der Waals surface area contributed by atoms with E-state index in [-0.39, 0.29) is 23.3 Å². The second-order valence-electron chi connectivity index (χ2n) is 8.50. The van der Waals surface area contributed by atoms with E-state index in [2.05, 4.69) is 10.6 Å². The third-order valence-electron chi connectivity index (χ3n) is 6.24. The van der Waals surface area contributed by atoms with Gasteiger partial charge in [0, 0.05) is 55.3 Å². The quantitative estimate of drug-likeness (QED) is 0.673. The summed E-state index contributed by atoms with van der Waals surface area (Å²) >= 11 is 1.45. The smallest absolute Gasteiger partial charge is 0.319 e. The first-order chi connectivity index (χ1) is 17.0. The van der Waals surface area contributed by atoms with E-state index >= 15 is 0 Å². The minimum atomic E-state index is -0.450. The fourth-order valence-corrected chi connectivity index (χ4v) is 5.35. The van der Waals surface area contributed by atoms with Gasteiger partial charge in [-0.3, -0.25) is 9.59 Å². The number of carbonyl (C=O) groups is 3. The van der Waals surface area contributed by atoms with Gasteiger partial charge >= 0.3 is 6.03 Å². The van der Waals surface area contributed by atoms with Crippen LogP contribution in [0.4, 0.5) is 14.9 Å². The topological polar surface area (TPSA) is 94.2 Å². The van der Waals surface area contributed by atoms with Crippen molar-refractivity contribution < 1.29 is 23.5 Å². The highest BCUT2D eigenvalue weighted by molar-refractivity contribution is 8.00. The molecule has 11 heteroatoms. The molecule has 5 rings (SSSR count). The molecule has 3 aliphatic heterocycles. The van der Waals surface area contributed by atoms with Gasteiger partial charge in [-0.15, -0.1) is 0 Å². The Hall–Kier alpha value is -3.31. The number of rotatable bonds is 3. The fraction of sp³-hybridized carbons (Fsp3) is 0.375. The van der Waals surface area contributed by atoms with Gasteiger partial charge in [0.05, 0.1) is 18.9 Å². The molecule has 0 aromatic heterocycles. The number of anilines is 1. The van der Waals surface area contributed by atoms with Gasteiger partial charge in [0.2, 0.25) is 0 Å². The second kappa shape index (κ2) is 10.1. The maximum atomic E-state index is 13.4. The molecular formula is C24H26FN5O4S. The summed E-state index contributed by atoms with van der Waals surface area (Å²) in [7, 11) is 0. The van der Waals surface area contributed by atoms with E-state index < -0.39 is 5.82 Å². The van der Waals surface area contributed by atoms with E-state index in [1.165, 1.54) is 30.0 Å². The summed E-state index contributed by atoms with van der Waals surface area (Å²) in [5.74, 6) is -0.709. The number of ether oxygens (including phenoxy) is 1. The molecule has 9 nitrogen and oxygen atoms in total. The number of nitrogens with zero attached hydrogens (tertiary/aromatic N) is 3. The number of urea groups is 1. The number of piperazine rings is 1. The van der Waals surface area contributed by atoms with Crippen LogP contribution in [0.25, 0.3) is 0 Å². The predicted octanol–water partition coefficient (Wildman–Crippen LogP) is 2.27. The van der Waals surface area contributed by atoms with Crippen LogP contribution in [0.3, 0.4) is 0 Å². The van der Waals surface area contributed by atoms with Crippen molar-refractivity contribution in [2.24, 2.45) is 0 Å². The predicted molar refractivity (Wildman–Crippen MR) is 129 cm³/mol. The van der Waals surface area contributed by atoms with Gasteiger partial charge in [-0.25, -0.2) is 9.18 Å². The molecule has 0 aliphatic carbocycles. The standard InChI is InChI=1S/C24H26FN5O4S/c25-18-3-1-2-16(14-18)21(31)28-6-8-30(9-7-28)24(33)27-23-26-19-5-4-17(15-20(19)35-23)22(32)29-10-12-34-13-11-29/h1-5,14-15,23,26H,6-13H2,(H,27,33). The molecule has 2 fully saturated rings. The summed E-state index contributed by atoms with van der Waals surface area (Å²) in [4.78, 5) is 44.2. The molecule has 2 aromatic carbocycles. The SMILES string of the molecule is O=C(NC1Nc2ccc(C(=O)N3CCOCC3)cc2S1)N1CCN(C(=O)c2cccc(F)c2)CC1. The van der Waals surface area contributed by atoms with Crippen LogP contribution in [0.2, 0.25) is 0 Å². The molecule has 1 atom stereocenters. The van der Waals surface area contributed by atoms with Crippen molar-refractivity contribution in [1.82, 2.24) is 20.0 Å². The summed E-state index contributed by atoms with van der Waals surface area (Å²) in [5, 5.41) is 6.23. The molecular weight excluding hydrogens is 473 g/mol. The summed E-state index contributed by atoms with van der Waals surface area (Å²) in [5.41, 5.74) is 1.42. The molecule has 0 bridgehead atoms. The number of benzene rings is 2. The highest BCUT2D eigenvalue weighted by Gasteiger charge is 2.29. The van der Waals surface area contributed by atoms with E-state index in [0.29, 0.717) is 63.6 Å². The average Bonchev–Trinajstić information content (AvgIpc) is 3.30. The van der Waals surface area contributed by atoms with Crippen molar-refractivity contribution in [3.8, 4) is 0 Å². The Labute approximate surface area is 206 Å². The maximum absolute atomic E-state index is 13.4. The van der Waals surface area contributed by atoms with E-state index in [1.807, 2.05) is 12.1 Å². The van der Waals surface area contributed by atoms with Gasteiger partial charge in [0.1, 0.15) is 5.82 Å². The lowest BCUT2D eigenvalue weighted by Crippen LogP contribution is -2.54. The maximum Gasteiger partial charge on any atom is 0.319 e. The highest BCUT2D eigenvalue weighted by Crippen LogP contribution is 2.38. The van der Waals surface area contributed by atoms with E-state index in [4.69, 9.17) is 4.74 Å². The first-order valence-corrected chi connectivity index (χ1v) is 12.4. The summed E-state index contributed by atoms with van der Waals surface area (Å²) in [6.07, 6.45) is 0. The van der Waals surface area contributed by atoms with Crippen LogP contribution in [0.5, 0.6) is 0 Å². The number of fused-ring (bicyclic) bond motifs is 1. The average molecular weight is 500 g/mol. The lowest BCUT2D eigenvalue weighted by Gasteiger charge is -2.35. The molecule has 0 saturated carbocycles. The molecule has 35 heavy (non-hydrogen) atoms. The Morgan fingerprint density at radius 3 is 2.26 bits per heavy atom. The zero-order valence-electron chi connectivity index (χ0n) is 19.0. The van der Waals surface area contributed by atoms with Crippen LogP contribution in [-0.2, 0) is 4.74 Å². The number of carbonyl (C=O) groups excluding carboxylic acids is 3. The Morgan fingerprint density at radius 1 is 0.886 bits per heavy atom. The van der Waals surface area contributed by atoms with Crippen molar-refractivity contribution >= 4 is 35.3 Å². The number of thioether (sulfide) groups is 1. The second-order valence-corrected chi connectivity index (χ2v) is 9.64. The highest BCUT2D eigenvalue weighted by atomic mass is 32.2. The Morgan fingerprint density at radius 2 is 1.54 bits per heavy atom. The zero-order valence-corrected chi connectivity index (χ0v) is 19.9. The molecule has 0 spiro atoms. The van der Waals surface area contributed by atoms with E-state index in [0.717, 1.165) is 10.6 Å². The molecule has 1 unspecified atom stereocenters. The molecule has 2 saturated heterocycles. The number of nitrogens with one attached hydrogen (secondary N) is 2. The van der Waals surface area contributed by atoms with Gasteiger partial charge in [0.25, 0.3) is 11.8 Å². The molecule has 0 radical (unpaired) electrons. The molecule has 4 amide bonds. The minimum Gasteiger partial charge on any atom is -0.378 e. The Kier molecular flexibility index (Phi) is 6.78. The van der Waals surface area contributed by atoms with Crippen LogP contribution in [0.1, 0.15) is 20.7 Å². The summed E-state index contributed by atoms with van der Waals surface area (Å²) < 4.78 is 18.8. The van der Waals surface area contributed by atoms with Crippen molar-refractivity contribution in [1.29, 1.82) is 0 Å². The number of halogens is 1. The normalized spacial score (nSPS) is 19.7. The zero-order chi connectivity index (χ0) is 24.4.